The molecule has 1 aliphatic rings. The molecule has 7 aromatic carbocycles. The Labute approximate surface area is 408 Å². The van der Waals surface area contributed by atoms with Crippen LogP contribution in [0, 0.1) is 0 Å². The van der Waals surface area contributed by atoms with Gasteiger partial charge in [0, 0.05) is 50.1 Å². The van der Waals surface area contributed by atoms with E-state index in [9.17, 15) is 61.5 Å². The molecule has 0 unspecified atom stereocenters. The van der Waals surface area contributed by atoms with Crippen molar-refractivity contribution in [1.29, 1.82) is 0 Å². The normalized spacial score (nSPS) is 14.0. The highest BCUT2D eigenvalue weighted by Gasteiger charge is 2.33. The Morgan fingerprint density at radius 3 is 1.85 bits per heavy atom. The molecule has 8 rings (SSSR count). The standard InChI is InChI=1S/C45H34N8O15S4/c1-2-68-40-23-39(51-50-38-16-15-37(33-13-10-30(21-35(33)38)70(59,60)61)49-48-28-7-4-8-29(20-28)69(56,57)58)36-22-31(71(62,63)64)11-14-34(36)42(40)52-53-43-41(72(65,66)67)19-25-18-27(9-12-32(25)44(43)54)47-45(55)24-5-3-6-26(46)17-24/h3-23,52H,2,46H2,1H3,(H,47,55)(H,56,57,58)(H,59,60,61)(H,62,63,64)(H,65,66,67)/b49-48+,51-50+,53-43-. The molecule has 72 heavy (non-hydrogen) atoms. The average molecular weight is 1060 g/mol. The van der Waals surface area contributed by atoms with Crippen molar-refractivity contribution >= 4 is 125 Å². The Bertz CT molecular complexity index is 4070. The number of carbonyl (C=O) groups excluding carboxylic acids is 2. The van der Waals surface area contributed by atoms with E-state index >= 15 is 0 Å². The number of benzene rings is 7. The number of Topliss-reactive ketones (excluding diaryl/α,β-unsaturated/α-hetero) is 1. The number of hydrogen-bond donors (Lipinski definition) is 7. The quantitative estimate of drug-likeness (QED) is 0.0232. The summed E-state index contributed by atoms with van der Waals surface area (Å²) < 4.78 is 144. The van der Waals surface area contributed by atoms with Gasteiger partial charge < -0.3 is 15.8 Å². The molecule has 0 heterocycles. The van der Waals surface area contributed by atoms with Crippen LogP contribution >= 0.6 is 0 Å². The smallest absolute Gasteiger partial charge is 0.296 e. The van der Waals surface area contributed by atoms with E-state index in [4.69, 9.17) is 10.5 Å². The van der Waals surface area contributed by atoms with Crippen molar-refractivity contribution < 1.29 is 66.2 Å². The van der Waals surface area contributed by atoms with Gasteiger partial charge in [0.1, 0.15) is 16.3 Å². The van der Waals surface area contributed by atoms with Gasteiger partial charge in [-0.15, -0.1) is 15.3 Å². The number of nitrogens with zero attached hydrogens (tertiary/aromatic N) is 5. The van der Waals surface area contributed by atoms with Crippen LogP contribution in [0.15, 0.2) is 166 Å². The van der Waals surface area contributed by atoms with Gasteiger partial charge in [-0.2, -0.15) is 43.9 Å². The molecule has 1 aliphatic carbocycles. The summed E-state index contributed by atoms with van der Waals surface area (Å²) in [6.07, 6.45) is 0.968. The number of carbonyl (C=O) groups is 2. The van der Waals surface area contributed by atoms with Crippen molar-refractivity contribution in [3.8, 4) is 5.75 Å². The highest BCUT2D eigenvalue weighted by molar-refractivity contribution is 7.91. The van der Waals surface area contributed by atoms with Gasteiger partial charge in [0.25, 0.3) is 46.4 Å². The minimum atomic E-state index is -5.19. The zero-order valence-corrected chi connectivity index (χ0v) is 39.8. The van der Waals surface area contributed by atoms with Crippen LogP contribution < -0.4 is 21.2 Å². The molecule has 0 saturated heterocycles. The van der Waals surface area contributed by atoms with Crippen LogP contribution in [0.1, 0.15) is 33.2 Å². The number of amides is 1. The number of nitrogens with two attached hydrogens (primary N) is 1. The van der Waals surface area contributed by atoms with E-state index in [0.717, 1.165) is 42.5 Å². The number of rotatable bonds is 14. The molecular formula is C45H34N8O15S4. The first kappa shape index (κ1) is 50.2. The van der Waals surface area contributed by atoms with Gasteiger partial charge in [-0.3, -0.25) is 33.2 Å². The van der Waals surface area contributed by atoms with Crippen LogP contribution in [-0.2, 0) is 40.5 Å². The lowest BCUT2D eigenvalue weighted by Gasteiger charge is -2.19. The minimum absolute atomic E-state index is 0.00469. The highest BCUT2D eigenvalue weighted by Crippen LogP contribution is 2.43. The SMILES string of the molecule is CCOc1cc(/N=N/c2ccc(/N=N/c3cccc(S(=O)(=O)O)c3)c3ccc(S(=O)(=O)O)cc23)c2cc(S(=O)(=O)O)ccc2c1N/N=C1\C(=O)c2ccc(NC(=O)c3cccc(N)c3)cc2C=C1S(=O)(=O)O. The van der Waals surface area contributed by atoms with E-state index in [2.05, 4.69) is 36.3 Å². The molecule has 0 radical (unpaired) electrons. The third kappa shape index (κ3) is 10.8. The van der Waals surface area contributed by atoms with E-state index in [0.29, 0.717) is 5.69 Å². The second-order valence-electron chi connectivity index (χ2n) is 15.3. The summed E-state index contributed by atoms with van der Waals surface area (Å²) in [5.41, 5.74) is 8.05. The molecule has 0 aromatic heterocycles. The number of allylic oxidation sites excluding steroid dienone is 1. The van der Waals surface area contributed by atoms with Gasteiger partial charge in [0.2, 0.25) is 5.78 Å². The van der Waals surface area contributed by atoms with Gasteiger partial charge in [-0.25, -0.2) is 0 Å². The van der Waals surface area contributed by atoms with Crippen molar-refractivity contribution in [2.75, 3.05) is 23.1 Å². The van der Waals surface area contributed by atoms with Gasteiger partial charge in [-0.05, 0) is 110 Å². The lowest BCUT2D eigenvalue weighted by Crippen LogP contribution is -2.27. The maximum atomic E-state index is 14.0. The largest absolute Gasteiger partial charge is 0.492 e. The Morgan fingerprint density at radius 2 is 1.21 bits per heavy atom. The molecule has 0 bridgehead atoms. The molecule has 27 heteroatoms. The number of ether oxygens (including phenoxy) is 1. The van der Waals surface area contributed by atoms with E-state index in [1.54, 1.807) is 19.1 Å². The van der Waals surface area contributed by atoms with E-state index in [1.807, 2.05) is 0 Å². The summed E-state index contributed by atoms with van der Waals surface area (Å²) in [5.74, 6) is -1.63. The summed E-state index contributed by atoms with van der Waals surface area (Å²) in [7, 11) is -19.5. The maximum Gasteiger partial charge on any atom is 0.296 e. The fraction of sp³-hybridized carbons (Fsp3) is 0.0444. The fourth-order valence-electron chi connectivity index (χ4n) is 7.26. The Morgan fingerprint density at radius 1 is 0.611 bits per heavy atom. The Balaban J connectivity index is 1.21. The first-order valence-electron chi connectivity index (χ1n) is 20.4. The van der Waals surface area contributed by atoms with E-state index in [1.165, 1.54) is 72.8 Å². The van der Waals surface area contributed by atoms with Crippen molar-refractivity contribution in [3.63, 3.8) is 0 Å². The topological polar surface area (TPSA) is 373 Å². The summed E-state index contributed by atoms with van der Waals surface area (Å²) in [5, 5.41) is 23.8. The molecule has 7 aromatic rings. The lowest BCUT2D eigenvalue weighted by molar-refractivity contribution is 0.102. The zero-order chi connectivity index (χ0) is 51.9. The van der Waals surface area contributed by atoms with Gasteiger partial charge in [0.15, 0.2) is 5.71 Å². The molecule has 1 amide bonds. The molecule has 368 valence electrons. The van der Waals surface area contributed by atoms with Crippen LogP contribution in [0.25, 0.3) is 27.6 Å². The second-order valence-corrected chi connectivity index (χ2v) is 21.0. The summed E-state index contributed by atoms with van der Waals surface area (Å²) in [4.78, 5) is 24.3. The number of hydrogen-bond acceptors (Lipinski definition) is 18. The first-order chi connectivity index (χ1) is 33.9. The summed E-state index contributed by atoms with van der Waals surface area (Å²) >= 11 is 0. The maximum absolute atomic E-state index is 14.0. The summed E-state index contributed by atoms with van der Waals surface area (Å²) in [6.45, 7) is 1.56. The summed E-state index contributed by atoms with van der Waals surface area (Å²) in [6, 6.07) is 25.6. The minimum Gasteiger partial charge on any atom is -0.492 e. The van der Waals surface area contributed by atoms with Crippen LogP contribution in [0.3, 0.4) is 0 Å². The van der Waals surface area contributed by atoms with Crippen LogP contribution in [0.4, 0.5) is 39.8 Å². The van der Waals surface area contributed by atoms with Crippen molar-refractivity contribution in [2.24, 2.45) is 25.6 Å². The van der Waals surface area contributed by atoms with Crippen LogP contribution in [-0.4, -0.2) is 75.9 Å². The molecular weight excluding hydrogens is 1020 g/mol. The number of nitrogens with one attached hydrogen (secondary N) is 2. The predicted molar refractivity (Wildman–Crippen MR) is 263 cm³/mol. The number of ketones is 1. The third-order valence-electron chi connectivity index (χ3n) is 10.5. The zero-order valence-electron chi connectivity index (χ0n) is 36.6. The highest BCUT2D eigenvalue weighted by atomic mass is 32.2. The average Bonchev–Trinajstić information content (AvgIpc) is 3.31. The molecule has 8 N–H and O–H groups in total. The lowest BCUT2D eigenvalue weighted by atomic mass is 9.94. The number of hydrazone groups is 1. The molecule has 0 fully saturated rings. The Kier molecular flexibility index (Phi) is 13.4. The molecule has 0 spiro atoms. The number of anilines is 3. The number of azo groups is 2. The second kappa shape index (κ2) is 19.2. The molecule has 0 atom stereocenters. The van der Waals surface area contributed by atoms with Crippen molar-refractivity contribution in [2.45, 2.75) is 21.6 Å². The van der Waals surface area contributed by atoms with E-state index < -0.39 is 77.5 Å². The molecule has 0 saturated carbocycles. The van der Waals surface area contributed by atoms with Crippen molar-refractivity contribution in [1.82, 2.24) is 0 Å². The molecule has 23 nitrogen and oxygen atoms in total. The first-order valence-corrected chi connectivity index (χ1v) is 26.2. The molecule has 0 aliphatic heterocycles. The van der Waals surface area contributed by atoms with Crippen molar-refractivity contribution in [3.05, 3.63) is 143 Å². The van der Waals surface area contributed by atoms with Gasteiger partial charge in [0.05, 0.1) is 44.0 Å². The van der Waals surface area contributed by atoms with E-state index in [-0.39, 0.29) is 84.7 Å². The van der Waals surface area contributed by atoms with Crippen LogP contribution in [0.2, 0.25) is 0 Å². The number of nitrogen functional groups attached to an aromatic ring is 1. The fourth-order valence-corrected chi connectivity index (χ4v) is 9.45. The van der Waals surface area contributed by atoms with Gasteiger partial charge in [-0.1, -0.05) is 24.3 Å². The Hall–Kier alpha value is -8.15. The van der Waals surface area contributed by atoms with Crippen LogP contribution in [0.5, 0.6) is 5.75 Å². The monoisotopic (exact) mass is 1050 g/mol. The van der Waals surface area contributed by atoms with Gasteiger partial charge >= 0.3 is 0 Å². The third-order valence-corrected chi connectivity index (χ3v) is 14.0. The predicted octanol–water partition coefficient (Wildman–Crippen LogP) is 8.69. The number of fused-ring (bicyclic) bond motifs is 3.